The van der Waals surface area contributed by atoms with Crippen LogP contribution in [-0.4, -0.2) is 56.0 Å². The third-order valence-corrected chi connectivity index (χ3v) is 5.85. The zero-order valence-electron chi connectivity index (χ0n) is 18.6. The fraction of sp³-hybridized carbons (Fsp3) is 0.500. The van der Waals surface area contributed by atoms with Gasteiger partial charge < -0.3 is 16.0 Å². The number of aromatic nitrogens is 5. The molecule has 0 radical (unpaired) electrons. The van der Waals surface area contributed by atoms with E-state index in [0.29, 0.717) is 22.6 Å². The molecule has 1 aliphatic rings. The van der Waals surface area contributed by atoms with Gasteiger partial charge in [-0.1, -0.05) is 5.16 Å². The first-order valence-electron chi connectivity index (χ1n) is 10.6. The Labute approximate surface area is 191 Å². The lowest BCUT2D eigenvalue weighted by molar-refractivity contribution is -0.182. The number of hydrogen-bond donors (Lipinski definition) is 3. The highest BCUT2D eigenvalue weighted by Crippen LogP contribution is 2.34. The van der Waals surface area contributed by atoms with Crippen LogP contribution in [0.3, 0.4) is 0 Å². The van der Waals surface area contributed by atoms with Gasteiger partial charge in [-0.2, -0.15) is 18.3 Å². The maximum Gasteiger partial charge on any atom is 0.393 e. The van der Waals surface area contributed by atoms with E-state index in [0.717, 1.165) is 0 Å². The molecule has 1 aliphatic heterocycles. The molecule has 0 unspecified atom stereocenters. The Kier molecular flexibility index (Phi) is 6.25. The molecule has 0 spiro atoms. The molecule has 3 aromatic rings. The molecule has 14 heteroatoms. The summed E-state index contributed by atoms with van der Waals surface area (Å²) in [5, 5.41) is 19.4. The second-order valence-corrected chi connectivity index (χ2v) is 8.29. The molecule has 0 aromatic carbocycles. The molecule has 34 heavy (non-hydrogen) atoms. The standard InChI is InChI=1S/C20H23F3N8O3/c1-9(26-18(32)13-6-24-7-14(13)20(21,22)23)12-4-16-28-15(8-31(16)25-5-12)10(2)27-19(33)17-11(3)29-34-30-17/h4-5,8-10,13-14,24H,6-7H2,1-3H3,(H,26,32)(H,27,33)/t9-,10+,13-,14-/m1/s1. The van der Waals surface area contributed by atoms with Crippen LogP contribution < -0.4 is 16.0 Å². The predicted octanol–water partition coefficient (Wildman–Crippen LogP) is 1.49. The molecule has 4 rings (SSSR count). The van der Waals surface area contributed by atoms with E-state index < -0.39 is 41.9 Å². The molecule has 11 nitrogen and oxygen atoms in total. The summed E-state index contributed by atoms with van der Waals surface area (Å²) in [5.74, 6) is -4.04. The van der Waals surface area contributed by atoms with Gasteiger partial charge >= 0.3 is 6.18 Å². The molecule has 0 aliphatic carbocycles. The van der Waals surface area contributed by atoms with E-state index in [1.54, 1.807) is 33.0 Å². The third-order valence-electron chi connectivity index (χ3n) is 5.85. The number of nitrogens with zero attached hydrogens (tertiary/aromatic N) is 5. The number of alkyl halides is 3. The zero-order chi connectivity index (χ0) is 24.6. The number of imidazole rings is 1. The maximum absolute atomic E-state index is 13.2. The molecule has 3 N–H and O–H groups in total. The van der Waals surface area contributed by atoms with E-state index in [1.807, 2.05) is 0 Å². The Balaban J connectivity index is 1.44. The van der Waals surface area contributed by atoms with Gasteiger partial charge in [0.2, 0.25) is 5.91 Å². The molecule has 1 saturated heterocycles. The molecular formula is C20H23F3N8O3. The smallest absolute Gasteiger partial charge is 0.349 e. The zero-order valence-corrected chi connectivity index (χ0v) is 18.6. The van der Waals surface area contributed by atoms with Gasteiger partial charge in [0.15, 0.2) is 11.3 Å². The summed E-state index contributed by atoms with van der Waals surface area (Å²) in [6.45, 7) is 4.69. The average molecular weight is 480 g/mol. The van der Waals surface area contributed by atoms with E-state index in [4.69, 9.17) is 0 Å². The average Bonchev–Trinajstić information content (AvgIpc) is 3.51. The fourth-order valence-corrected chi connectivity index (χ4v) is 3.83. The van der Waals surface area contributed by atoms with Gasteiger partial charge in [-0.3, -0.25) is 9.59 Å². The summed E-state index contributed by atoms with van der Waals surface area (Å²) in [4.78, 5) is 29.3. The molecule has 0 saturated carbocycles. The van der Waals surface area contributed by atoms with Crippen LogP contribution >= 0.6 is 0 Å². The highest BCUT2D eigenvalue weighted by Gasteiger charge is 2.49. The van der Waals surface area contributed by atoms with Crippen molar-refractivity contribution in [3.05, 3.63) is 41.1 Å². The van der Waals surface area contributed by atoms with Crippen molar-refractivity contribution in [2.24, 2.45) is 11.8 Å². The molecule has 1 fully saturated rings. The van der Waals surface area contributed by atoms with Crippen LogP contribution in [0, 0.1) is 18.8 Å². The lowest BCUT2D eigenvalue weighted by atomic mass is 9.94. The monoisotopic (exact) mass is 480 g/mol. The van der Waals surface area contributed by atoms with Gasteiger partial charge in [0, 0.05) is 13.1 Å². The molecule has 2 amide bonds. The number of nitrogens with one attached hydrogen (secondary N) is 3. The molecule has 0 bridgehead atoms. The van der Waals surface area contributed by atoms with E-state index in [1.165, 1.54) is 10.7 Å². The van der Waals surface area contributed by atoms with Gasteiger partial charge in [-0.15, -0.1) is 0 Å². The van der Waals surface area contributed by atoms with Crippen molar-refractivity contribution in [1.29, 1.82) is 0 Å². The number of amides is 2. The highest BCUT2D eigenvalue weighted by molar-refractivity contribution is 5.93. The van der Waals surface area contributed by atoms with Crippen LogP contribution in [0.2, 0.25) is 0 Å². The van der Waals surface area contributed by atoms with E-state index in [2.05, 4.69) is 41.0 Å². The maximum atomic E-state index is 13.2. The molecule has 182 valence electrons. The van der Waals surface area contributed by atoms with Crippen LogP contribution in [0.25, 0.3) is 5.65 Å². The van der Waals surface area contributed by atoms with Crippen LogP contribution in [0.5, 0.6) is 0 Å². The Morgan fingerprint density at radius 3 is 2.65 bits per heavy atom. The van der Waals surface area contributed by atoms with Gasteiger partial charge in [0.1, 0.15) is 5.69 Å². The topological polar surface area (TPSA) is 139 Å². The molecule has 4 atom stereocenters. The summed E-state index contributed by atoms with van der Waals surface area (Å²) in [7, 11) is 0. The third kappa shape index (κ3) is 4.71. The molecular weight excluding hydrogens is 457 g/mol. The quantitative estimate of drug-likeness (QED) is 0.482. The fourth-order valence-electron chi connectivity index (χ4n) is 3.83. The second kappa shape index (κ2) is 9.00. The lowest BCUT2D eigenvalue weighted by Crippen LogP contribution is -2.41. The Bertz CT molecular complexity index is 1210. The summed E-state index contributed by atoms with van der Waals surface area (Å²) in [6, 6.07) is 0.606. The van der Waals surface area contributed by atoms with Crippen molar-refractivity contribution in [1.82, 2.24) is 40.9 Å². The number of carbonyl (C=O) groups is 2. The first kappa shape index (κ1) is 23.6. The summed E-state index contributed by atoms with van der Waals surface area (Å²) in [6.07, 6.45) is -1.30. The van der Waals surface area contributed by atoms with Gasteiger partial charge in [-0.05, 0) is 37.6 Å². The van der Waals surface area contributed by atoms with E-state index >= 15 is 0 Å². The highest BCUT2D eigenvalue weighted by atomic mass is 19.4. The number of halogens is 3. The van der Waals surface area contributed by atoms with Crippen LogP contribution in [0.4, 0.5) is 13.2 Å². The van der Waals surface area contributed by atoms with Crippen molar-refractivity contribution in [3.63, 3.8) is 0 Å². The molecule has 4 heterocycles. The number of fused-ring (bicyclic) bond motifs is 1. The molecule has 3 aromatic heterocycles. The van der Waals surface area contributed by atoms with E-state index in [-0.39, 0.29) is 18.8 Å². The van der Waals surface area contributed by atoms with Gasteiger partial charge in [0.25, 0.3) is 5.91 Å². The van der Waals surface area contributed by atoms with Crippen molar-refractivity contribution in [2.75, 3.05) is 13.1 Å². The van der Waals surface area contributed by atoms with Crippen molar-refractivity contribution >= 4 is 17.5 Å². The van der Waals surface area contributed by atoms with Crippen LogP contribution in [0.1, 0.15) is 53.4 Å². The number of hydrogen-bond acceptors (Lipinski definition) is 8. The lowest BCUT2D eigenvalue weighted by Gasteiger charge is -2.23. The first-order chi connectivity index (χ1) is 16.0. The van der Waals surface area contributed by atoms with E-state index in [9.17, 15) is 22.8 Å². The minimum Gasteiger partial charge on any atom is -0.349 e. The largest absolute Gasteiger partial charge is 0.393 e. The predicted molar refractivity (Wildman–Crippen MR) is 110 cm³/mol. The summed E-state index contributed by atoms with van der Waals surface area (Å²) >= 11 is 0. The van der Waals surface area contributed by atoms with Crippen LogP contribution in [-0.2, 0) is 4.79 Å². The normalized spacial score (nSPS) is 20.3. The van der Waals surface area contributed by atoms with Gasteiger partial charge in [-0.25, -0.2) is 14.1 Å². The Morgan fingerprint density at radius 1 is 1.21 bits per heavy atom. The van der Waals surface area contributed by atoms with Crippen molar-refractivity contribution in [3.8, 4) is 0 Å². The number of aryl methyl sites for hydroxylation is 1. The Morgan fingerprint density at radius 2 is 1.97 bits per heavy atom. The van der Waals surface area contributed by atoms with Gasteiger partial charge in [0.05, 0.1) is 42.0 Å². The van der Waals surface area contributed by atoms with Crippen LogP contribution in [0.15, 0.2) is 23.1 Å². The number of carbonyl (C=O) groups excluding carboxylic acids is 2. The van der Waals surface area contributed by atoms with Crippen molar-refractivity contribution < 1.29 is 27.4 Å². The summed E-state index contributed by atoms with van der Waals surface area (Å²) < 4.78 is 45.6. The SMILES string of the molecule is Cc1nonc1C(=O)N[C@@H](C)c1cn2ncc([C@@H](C)NC(=O)[C@@H]3CNC[C@H]3C(F)(F)F)cc2n1. The Hall–Kier alpha value is -3.55. The number of rotatable bonds is 6. The second-order valence-electron chi connectivity index (χ2n) is 8.29. The first-order valence-corrected chi connectivity index (χ1v) is 10.6. The van der Waals surface area contributed by atoms with Crippen molar-refractivity contribution in [2.45, 2.75) is 39.0 Å². The minimum atomic E-state index is -4.45. The summed E-state index contributed by atoms with van der Waals surface area (Å²) in [5.41, 5.74) is 1.98. The minimum absolute atomic E-state index is 0.0306.